The quantitative estimate of drug-likeness (QED) is 0.312. The number of carbonyl (C=O) groups is 1. The fraction of sp³-hybridized carbons (Fsp3) is 0.346. The third-order valence-corrected chi connectivity index (χ3v) is 6.24. The lowest BCUT2D eigenvalue weighted by Gasteiger charge is -2.29. The van der Waals surface area contributed by atoms with Crippen LogP contribution in [0.4, 0.5) is 5.95 Å². The summed E-state index contributed by atoms with van der Waals surface area (Å²) >= 11 is 12.3. The first-order valence-corrected chi connectivity index (χ1v) is 12.6. The lowest BCUT2D eigenvalue weighted by atomic mass is 9.93. The molecule has 2 aromatic carbocycles. The van der Waals surface area contributed by atoms with Gasteiger partial charge in [-0.05, 0) is 50.1 Å². The third kappa shape index (κ3) is 5.44. The zero-order chi connectivity index (χ0) is 25.7. The number of ether oxygens (including phenoxy) is 3. The summed E-state index contributed by atoms with van der Waals surface area (Å²) in [6.07, 6.45) is 2.97. The molecule has 10 heteroatoms. The predicted molar refractivity (Wildman–Crippen MR) is 139 cm³/mol. The normalized spacial score (nSPS) is 14.8. The van der Waals surface area contributed by atoms with Crippen molar-refractivity contribution in [1.82, 2.24) is 14.8 Å². The fourth-order valence-corrected chi connectivity index (χ4v) is 4.56. The maximum absolute atomic E-state index is 13.1. The minimum absolute atomic E-state index is 0.241. The topological polar surface area (TPSA) is 87.5 Å². The van der Waals surface area contributed by atoms with Crippen molar-refractivity contribution < 1.29 is 19.0 Å². The Kier molecular flexibility index (Phi) is 8.38. The molecule has 0 saturated carbocycles. The molecule has 0 unspecified atom stereocenters. The molecule has 1 aliphatic heterocycles. The molecule has 3 aromatic rings. The van der Waals surface area contributed by atoms with E-state index in [1.54, 1.807) is 23.7 Å². The molecule has 190 valence electrons. The number of nitrogens with zero attached hydrogens (tertiary/aromatic N) is 3. The molecule has 0 radical (unpaired) electrons. The molecule has 8 nitrogen and oxygen atoms in total. The zero-order valence-corrected chi connectivity index (χ0v) is 21.9. The summed E-state index contributed by atoms with van der Waals surface area (Å²) in [7, 11) is 0. The molecule has 0 saturated heterocycles. The summed E-state index contributed by atoms with van der Waals surface area (Å²) in [5.41, 5.74) is 2.87. The van der Waals surface area contributed by atoms with E-state index in [-0.39, 0.29) is 13.2 Å². The summed E-state index contributed by atoms with van der Waals surface area (Å²) in [5, 5.41) is 8.74. The summed E-state index contributed by atoms with van der Waals surface area (Å²) in [4.78, 5) is 17.5. The molecular weight excluding hydrogens is 503 g/mol. The van der Waals surface area contributed by atoms with Gasteiger partial charge in [-0.2, -0.15) is 10.1 Å². The number of rotatable bonds is 10. The number of nitrogens with one attached hydrogen (secondary N) is 1. The molecule has 1 aromatic heterocycles. The van der Waals surface area contributed by atoms with E-state index in [0.717, 1.165) is 23.2 Å². The standard InChI is InChI=1S/C26H28Cl2N4O4/c1-4-7-20-23(25(33)35-6-3)24(32-26(31-20)29-15-30-32)16-9-11-21(22(12-16)34-5-2)36-14-17-8-10-18(27)13-19(17)28/h8-13,15,24H,4-7,14H2,1-3H3,(H,29,30,31)/t24-/m0/s1. The Morgan fingerprint density at radius 1 is 1.06 bits per heavy atom. The molecule has 0 aliphatic carbocycles. The Bertz CT molecular complexity index is 1270. The SMILES string of the molecule is CCCC1=C(C(=O)OCC)[C@H](c2ccc(OCc3ccc(Cl)cc3Cl)c(OCC)c2)n2ncnc2N1. The van der Waals surface area contributed by atoms with Gasteiger partial charge in [0.05, 0.1) is 18.8 Å². The van der Waals surface area contributed by atoms with Gasteiger partial charge in [-0.1, -0.05) is 48.7 Å². The van der Waals surface area contributed by atoms with Crippen LogP contribution in [0.5, 0.6) is 11.5 Å². The number of benzene rings is 2. The van der Waals surface area contributed by atoms with E-state index in [9.17, 15) is 4.79 Å². The van der Waals surface area contributed by atoms with Crippen LogP contribution in [0.3, 0.4) is 0 Å². The second kappa shape index (κ2) is 11.7. The smallest absolute Gasteiger partial charge is 0.338 e. The van der Waals surface area contributed by atoms with Gasteiger partial charge in [-0.3, -0.25) is 0 Å². The first kappa shape index (κ1) is 25.9. The highest BCUT2D eigenvalue weighted by Crippen LogP contribution is 2.40. The first-order chi connectivity index (χ1) is 17.5. The van der Waals surface area contributed by atoms with E-state index in [1.165, 1.54) is 6.33 Å². The van der Waals surface area contributed by atoms with Crippen LogP contribution >= 0.6 is 23.2 Å². The Morgan fingerprint density at radius 2 is 1.89 bits per heavy atom. The van der Waals surface area contributed by atoms with Gasteiger partial charge >= 0.3 is 5.97 Å². The largest absolute Gasteiger partial charge is 0.490 e. The number of fused-ring (bicyclic) bond motifs is 1. The van der Waals surface area contributed by atoms with E-state index in [2.05, 4.69) is 22.3 Å². The van der Waals surface area contributed by atoms with Gasteiger partial charge in [0, 0.05) is 21.3 Å². The van der Waals surface area contributed by atoms with Gasteiger partial charge in [0.2, 0.25) is 5.95 Å². The van der Waals surface area contributed by atoms with E-state index in [4.69, 9.17) is 37.4 Å². The van der Waals surface area contributed by atoms with Crippen molar-refractivity contribution in [3.8, 4) is 11.5 Å². The van der Waals surface area contributed by atoms with E-state index in [1.807, 2.05) is 31.2 Å². The van der Waals surface area contributed by atoms with Crippen molar-refractivity contribution >= 4 is 35.1 Å². The van der Waals surface area contributed by atoms with Crippen molar-refractivity contribution in [1.29, 1.82) is 0 Å². The van der Waals surface area contributed by atoms with Gasteiger partial charge in [0.1, 0.15) is 19.0 Å². The molecule has 0 spiro atoms. The van der Waals surface area contributed by atoms with Gasteiger partial charge in [0.25, 0.3) is 0 Å². The minimum Gasteiger partial charge on any atom is -0.490 e. The van der Waals surface area contributed by atoms with Crippen molar-refractivity contribution in [3.05, 3.63) is 75.2 Å². The highest BCUT2D eigenvalue weighted by molar-refractivity contribution is 6.35. The number of hydrogen-bond donors (Lipinski definition) is 1. The van der Waals surface area contributed by atoms with E-state index < -0.39 is 12.0 Å². The number of halogens is 2. The Balaban J connectivity index is 1.73. The lowest BCUT2D eigenvalue weighted by molar-refractivity contribution is -0.139. The number of hydrogen-bond acceptors (Lipinski definition) is 7. The van der Waals surface area contributed by atoms with Crippen LogP contribution in [0.25, 0.3) is 0 Å². The maximum atomic E-state index is 13.1. The van der Waals surface area contributed by atoms with Gasteiger partial charge in [0.15, 0.2) is 11.5 Å². The molecular formula is C26H28Cl2N4O4. The Hall–Kier alpha value is -3.23. The molecule has 2 heterocycles. The molecule has 1 N–H and O–H groups in total. The average molecular weight is 531 g/mol. The summed E-state index contributed by atoms with van der Waals surface area (Å²) in [6.45, 7) is 6.68. The van der Waals surface area contributed by atoms with Crippen LogP contribution in [-0.4, -0.2) is 33.9 Å². The highest BCUT2D eigenvalue weighted by Gasteiger charge is 2.35. The second-order valence-electron chi connectivity index (χ2n) is 8.08. The van der Waals surface area contributed by atoms with Crippen LogP contribution in [0, 0.1) is 0 Å². The zero-order valence-electron chi connectivity index (χ0n) is 20.4. The molecule has 1 atom stereocenters. The number of esters is 1. The van der Waals surface area contributed by atoms with Crippen LogP contribution in [-0.2, 0) is 16.1 Å². The van der Waals surface area contributed by atoms with Crippen LogP contribution in [0.15, 0.2) is 54.0 Å². The molecule has 1 aliphatic rings. The van der Waals surface area contributed by atoms with E-state index in [0.29, 0.717) is 46.1 Å². The first-order valence-electron chi connectivity index (χ1n) is 11.9. The lowest BCUT2D eigenvalue weighted by Crippen LogP contribution is -2.30. The second-order valence-corrected chi connectivity index (χ2v) is 8.93. The highest BCUT2D eigenvalue weighted by atomic mass is 35.5. The average Bonchev–Trinajstić information content (AvgIpc) is 3.32. The van der Waals surface area contributed by atoms with Crippen LogP contribution in [0.2, 0.25) is 10.0 Å². The Morgan fingerprint density at radius 3 is 2.61 bits per heavy atom. The summed E-state index contributed by atoms with van der Waals surface area (Å²) in [6, 6.07) is 10.3. The van der Waals surface area contributed by atoms with Crippen molar-refractivity contribution in [3.63, 3.8) is 0 Å². The fourth-order valence-electron chi connectivity index (χ4n) is 4.09. The summed E-state index contributed by atoms with van der Waals surface area (Å²) in [5.74, 6) is 1.26. The third-order valence-electron chi connectivity index (χ3n) is 5.66. The molecule has 0 fully saturated rings. The van der Waals surface area contributed by atoms with E-state index >= 15 is 0 Å². The number of allylic oxidation sites excluding steroid dienone is 1. The van der Waals surface area contributed by atoms with Crippen LogP contribution < -0.4 is 14.8 Å². The monoisotopic (exact) mass is 530 g/mol. The van der Waals surface area contributed by atoms with Gasteiger partial charge < -0.3 is 19.5 Å². The van der Waals surface area contributed by atoms with Crippen molar-refractivity contribution in [2.75, 3.05) is 18.5 Å². The van der Waals surface area contributed by atoms with Crippen molar-refractivity contribution in [2.45, 2.75) is 46.3 Å². The van der Waals surface area contributed by atoms with Gasteiger partial charge in [-0.15, -0.1) is 0 Å². The van der Waals surface area contributed by atoms with Crippen LogP contribution in [0.1, 0.15) is 50.8 Å². The minimum atomic E-state index is -0.539. The summed E-state index contributed by atoms with van der Waals surface area (Å²) < 4.78 is 19.1. The molecule has 36 heavy (non-hydrogen) atoms. The Labute approximate surface area is 220 Å². The number of aromatic nitrogens is 3. The predicted octanol–water partition coefficient (Wildman–Crippen LogP) is 6.19. The number of carbonyl (C=O) groups excluding carboxylic acids is 1. The molecule has 0 bridgehead atoms. The molecule has 4 rings (SSSR count). The molecule has 0 amide bonds. The number of anilines is 1. The van der Waals surface area contributed by atoms with Gasteiger partial charge in [-0.25, -0.2) is 9.48 Å². The maximum Gasteiger partial charge on any atom is 0.338 e. The van der Waals surface area contributed by atoms with Crippen molar-refractivity contribution in [2.24, 2.45) is 0 Å².